The van der Waals surface area contributed by atoms with E-state index >= 15 is 0 Å². The van der Waals surface area contributed by atoms with Crippen LogP contribution in [-0.2, 0) is 6.42 Å². The predicted octanol–water partition coefficient (Wildman–Crippen LogP) is 4.35. The van der Waals surface area contributed by atoms with Crippen LogP contribution in [0.25, 0.3) is 71.3 Å². The van der Waals surface area contributed by atoms with Crippen LogP contribution in [0.5, 0.6) is 0 Å². The molecule has 0 fully saturated rings. The number of para-hydroxylation sites is 2. The first-order chi connectivity index (χ1) is 22.4. The van der Waals surface area contributed by atoms with Gasteiger partial charge in [0.1, 0.15) is 45.1 Å². The molecule has 8 aromatic rings. The van der Waals surface area contributed by atoms with Gasteiger partial charge >= 0.3 is 0 Å². The Kier molecular flexibility index (Phi) is 6.76. The summed E-state index contributed by atoms with van der Waals surface area (Å²) in [7, 11) is 32.3. The van der Waals surface area contributed by atoms with Crippen molar-refractivity contribution in [3.8, 4) is 27.9 Å². The fourth-order valence-corrected chi connectivity index (χ4v) is 7.08. The molecule has 46 heavy (non-hydrogen) atoms. The maximum absolute atomic E-state index is 6.67. The average molecular weight is 574 g/mol. The Hall–Kier alpha value is -4.89. The van der Waals surface area contributed by atoms with Gasteiger partial charge in [0.2, 0.25) is 0 Å². The number of fused-ring (bicyclic) bond motifs is 4. The molecule has 7 aromatic carbocycles. The number of imidazole rings is 1. The molecule has 0 saturated heterocycles. The van der Waals surface area contributed by atoms with Gasteiger partial charge in [0, 0.05) is 11.8 Å². The van der Waals surface area contributed by atoms with Crippen LogP contribution in [0.4, 0.5) is 0 Å². The summed E-state index contributed by atoms with van der Waals surface area (Å²) in [6.45, 7) is 2.15. The van der Waals surface area contributed by atoms with E-state index in [1.54, 1.807) is 0 Å². The number of aryl methyl sites for hydroxylation is 1. The molecule has 0 amide bonds. The normalized spacial score (nSPS) is 11.7. The lowest BCUT2D eigenvalue weighted by molar-refractivity contribution is 0.913. The molecule has 0 atom stereocenters. The minimum absolute atomic E-state index is 0.201. The molecule has 10 radical (unpaired) electrons. The maximum Gasteiger partial charge on any atom is 0.114 e. The van der Waals surface area contributed by atoms with Crippen molar-refractivity contribution in [2.75, 3.05) is 0 Å². The van der Waals surface area contributed by atoms with E-state index in [0.717, 1.165) is 78.0 Å². The Balaban J connectivity index is 1.50. The van der Waals surface area contributed by atoms with E-state index in [1.807, 2.05) is 18.2 Å². The fourth-order valence-electron chi connectivity index (χ4n) is 7.08. The summed E-state index contributed by atoms with van der Waals surface area (Å²) in [5, 5.41) is 6.37. The second kappa shape index (κ2) is 10.9. The second-order valence-corrected chi connectivity index (χ2v) is 11.7. The van der Waals surface area contributed by atoms with Crippen LogP contribution >= 0.6 is 0 Å². The predicted molar refractivity (Wildman–Crippen MR) is 201 cm³/mol. The summed E-state index contributed by atoms with van der Waals surface area (Å²) in [6, 6.07) is 38.0. The summed E-state index contributed by atoms with van der Waals surface area (Å²) >= 11 is 0. The van der Waals surface area contributed by atoms with E-state index in [9.17, 15) is 0 Å². The Morgan fingerprint density at radius 2 is 0.957 bits per heavy atom. The highest BCUT2D eigenvalue weighted by molar-refractivity contribution is 6.69. The van der Waals surface area contributed by atoms with Crippen LogP contribution < -0.4 is 27.3 Å². The highest BCUT2D eigenvalue weighted by Gasteiger charge is 2.22. The lowest BCUT2D eigenvalue weighted by Gasteiger charge is -2.25. The summed E-state index contributed by atoms with van der Waals surface area (Å²) in [5.74, 6) is 1.02. The van der Waals surface area contributed by atoms with Gasteiger partial charge in [-0.15, -0.1) is 16.4 Å². The van der Waals surface area contributed by atoms with Crippen molar-refractivity contribution in [1.29, 1.82) is 0 Å². The highest BCUT2D eigenvalue weighted by atomic mass is 15.1. The lowest BCUT2D eigenvalue weighted by Crippen LogP contribution is -2.55. The van der Waals surface area contributed by atoms with E-state index in [0.29, 0.717) is 16.5 Å². The van der Waals surface area contributed by atoms with E-state index in [2.05, 4.69) is 102 Å². The topological polar surface area (TPSA) is 17.8 Å². The smallest absolute Gasteiger partial charge is 0.114 e. The van der Waals surface area contributed by atoms with Gasteiger partial charge in [-0.25, -0.2) is 4.98 Å². The van der Waals surface area contributed by atoms with Crippen molar-refractivity contribution in [1.82, 2.24) is 9.55 Å². The van der Waals surface area contributed by atoms with E-state index in [1.165, 1.54) is 0 Å². The van der Waals surface area contributed by atoms with Gasteiger partial charge in [-0.05, 0) is 67.4 Å². The Bertz CT molecular complexity index is 2450. The summed E-state index contributed by atoms with van der Waals surface area (Å²) in [6.07, 6.45) is 0.813. The zero-order chi connectivity index (χ0) is 31.7. The zero-order valence-electron chi connectivity index (χ0n) is 25.4. The minimum atomic E-state index is 0.201. The molecule has 0 saturated carbocycles. The Morgan fingerprint density at radius 3 is 1.54 bits per heavy atom. The molecule has 0 bridgehead atoms. The van der Waals surface area contributed by atoms with Crippen molar-refractivity contribution in [2.24, 2.45) is 0 Å². The molecular formula is C39H23B5N2. The van der Waals surface area contributed by atoms with Gasteiger partial charge in [-0.2, -0.15) is 0 Å². The maximum atomic E-state index is 6.67. The summed E-state index contributed by atoms with van der Waals surface area (Å²) in [5.41, 5.74) is 8.22. The van der Waals surface area contributed by atoms with Crippen molar-refractivity contribution < 1.29 is 0 Å². The molecule has 7 heteroatoms. The van der Waals surface area contributed by atoms with Gasteiger partial charge < -0.3 is 0 Å². The van der Waals surface area contributed by atoms with Gasteiger partial charge in [0.25, 0.3) is 0 Å². The first kappa shape index (κ1) is 28.6. The third-order valence-electron chi connectivity index (χ3n) is 9.24. The van der Waals surface area contributed by atoms with Gasteiger partial charge in [0.05, 0.1) is 16.7 Å². The van der Waals surface area contributed by atoms with Crippen LogP contribution in [0.15, 0.2) is 109 Å². The first-order valence-electron chi connectivity index (χ1n) is 15.3. The molecule has 0 unspecified atom stereocenters. The van der Waals surface area contributed by atoms with Crippen LogP contribution in [0, 0.1) is 0 Å². The van der Waals surface area contributed by atoms with Crippen molar-refractivity contribution in [2.45, 2.75) is 13.3 Å². The number of hydrogen-bond acceptors (Lipinski definition) is 1. The number of hydrogen-bond donors (Lipinski definition) is 0. The largest absolute Gasteiger partial charge is 0.296 e. The van der Waals surface area contributed by atoms with Crippen molar-refractivity contribution in [3.05, 3.63) is 115 Å². The quantitative estimate of drug-likeness (QED) is 0.226. The Morgan fingerprint density at radius 1 is 0.478 bits per heavy atom. The van der Waals surface area contributed by atoms with Crippen LogP contribution in [-0.4, -0.2) is 48.8 Å². The van der Waals surface area contributed by atoms with E-state index in [-0.39, 0.29) is 16.4 Å². The number of benzene rings is 7. The van der Waals surface area contributed by atoms with Crippen molar-refractivity contribution >= 4 is 110 Å². The molecule has 2 nitrogen and oxygen atoms in total. The third-order valence-corrected chi connectivity index (χ3v) is 9.24. The molecule has 0 N–H and O–H groups in total. The molecule has 8 rings (SSSR count). The third kappa shape index (κ3) is 4.07. The number of aromatic nitrogens is 2. The molecule has 1 aromatic heterocycles. The van der Waals surface area contributed by atoms with Gasteiger partial charge in [-0.3, -0.25) is 4.57 Å². The zero-order valence-corrected chi connectivity index (χ0v) is 25.4. The molecule has 1 heterocycles. The molecule has 0 aliphatic rings. The summed E-state index contributed by atoms with van der Waals surface area (Å²) in [4.78, 5) is 4.96. The molecule has 0 aliphatic carbocycles. The summed E-state index contributed by atoms with van der Waals surface area (Å²) < 4.78 is 2.29. The van der Waals surface area contributed by atoms with Crippen LogP contribution in [0.2, 0.25) is 0 Å². The Labute approximate surface area is 274 Å². The minimum Gasteiger partial charge on any atom is -0.296 e. The first-order valence-corrected chi connectivity index (χ1v) is 15.3. The average Bonchev–Trinajstić information content (AvgIpc) is 3.48. The van der Waals surface area contributed by atoms with E-state index < -0.39 is 0 Å². The monoisotopic (exact) mass is 574 g/mol. The van der Waals surface area contributed by atoms with Crippen LogP contribution in [0.3, 0.4) is 0 Å². The molecular weight excluding hydrogens is 551 g/mol. The van der Waals surface area contributed by atoms with Gasteiger partial charge in [0.15, 0.2) is 0 Å². The van der Waals surface area contributed by atoms with Gasteiger partial charge in [-0.1, -0.05) is 109 Å². The molecule has 204 valence electrons. The SMILES string of the molecule is [B]c1c([B])c([B])c(-c2c3ccccc3c(-c3ccc(-n4c(CC)nc5ccccc54)c4ccccc34)c3ccccc23)c([B])c1[B]. The standard InChI is InChI=1S/C39H23B5N2/c1-2-31-45-28-17-9-10-18-30(28)46(31)29-20-19-27(21-11-3-4-12-22(21)29)32-23-13-5-7-15-25(23)33(26-16-8-6-14-24(26)32)34-35(40)37(42)39(44)38(43)36(34)41/h3-20H,2H2,1H3. The number of rotatable bonds is 4. The molecule has 0 aliphatic heterocycles. The molecule has 0 spiro atoms. The number of nitrogens with zero attached hydrogens (tertiary/aromatic N) is 2. The van der Waals surface area contributed by atoms with Crippen molar-refractivity contribution in [3.63, 3.8) is 0 Å². The highest BCUT2D eigenvalue weighted by Crippen LogP contribution is 2.45. The van der Waals surface area contributed by atoms with E-state index in [4.69, 9.17) is 44.2 Å². The second-order valence-electron chi connectivity index (χ2n) is 11.7. The fraction of sp³-hybridized carbons (Fsp3) is 0.0513. The van der Waals surface area contributed by atoms with Crippen LogP contribution in [0.1, 0.15) is 12.7 Å². The lowest BCUT2D eigenvalue weighted by atomic mass is 9.59.